The number of aromatic nitrogens is 3. The number of nitrogens with two attached hydrogens (primary N) is 1. The van der Waals surface area contributed by atoms with E-state index >= 15 is 0 Å². The number of aromatic amines is 1. The van der Waals surface area contributed by atoms with Gasteiger partial charge in [0.05, 0.1) is 5.41 Å². The van der Waals surface area contributed by atoms with Crippen LogP contribution in [0.25, 0.3) is 0 Å². The molecule has 21 heavy (non-hydrogen) atoms. The number of hydrogen-bond acceptors (Lipinski definition) is 5. The highest BCUT2D eigenvalue weighted by atomic mass is 16.4. The molecular formula is C13H15N5O3. The summed E-state index contributed by atoms with van der Waals surface area (Å²) in [6.45, 7) is 3.22. The Bertz CT molecular complexity index is 675. The molecule has 0 aliphatic carbocycles. The summed E-state index contributed by atoms with van der Waals surface area (Å²) in [6, 6.07) is 6.55. The molecule has 0 radical (unpaired) electrons. The van der Waals surface area contributed by atoms with E-state index in [1.807, 2.05) is 0 Å². The third-order valence-electron chi connectivity index (χ3n) is 3.12. The van der Waals surface area contributed by atoms with Gasteiger partial charge in [0.25, 0.3) is 5.91 Å². The van der Waals surface area contributed by atoms with Gasteiger partial charge in [-0.1, -0.05) is 12.1 Å². The van der Waals surface area contributed by atoms with Crippen molar-refractivity contribution < 1.29 is 14.7 Å². The standard InChI is InChI=1S/C13H15N5O3/c1-13(2,11(20)21)7-3-5-8(6-4-7)15-10(19)9-16-12(14)18-17-9/h3-6H,1-2H3,(H,15,19)(H,20,21)(H3,14,16,17,18). The molecule has 0 aliphatic heterocycles. The molecule has 0 atom stereocenters. The molecule has 0 aliphatic rings. The van der Waals surface area contributed by atoms with Crippen LogP contribution < -0.4 is 11.1 Å². The number of anilines is 2. The Labute approximate surface area is 120 Å². The molecule has 1 aromatic carbocycles. The minimum atomic E-state index is -0.998. The van der Waals surface area contributed by atoms with Crippen molar-refractivity contribution in [1.82, 2.24) is 15.2 Å². The first kappa shape index (κ1) is 14.5. The molecule has 2 aromatic rings. The number of amides is 1. The second kappa shape index (κ2) is 5.23. The van der Waals surface area contributed by atoms with Crippen molar-refractivity contribution in [3.8, 4) is 0 Å². The van der Waals surface area contributed by atoms with Crippen LogP contribution >= 0.6 is 0 Å². The SMILES string of the molecule is CC(C)(C(=O)O)c1ccc(NC(=O)c2nc(N)n[nH]2)cc1. The van der Waals surface area contributed by atoms with Gasteiger partial charge in [0.1, 0.15) is 0 Å². The Kier molecular flexibility index (Phi) is 3.62. The van der Waals surface area contributed by atoms with Crippen LogP contribution in [0.1, 0.15) is 30.0 Å². The molecule has 2 rings (SSSR count). The summed E-state index contributed by atoms with van der Waals surface area (Å²) in [7, 11) is 0. The Morgan fingerprint density at radius 2 is 1.90 bits per heavy atom. The van der Waals surface area contributed by atoms with Gasteiger partial charge in [-0.2, -0.15) is 4.98 Å². The number of carboxylic acids is 1. The Morgan fingerprint density at radius 1 is 1.29 bits per heavy atom. The van der Waals surface area contributed by atoms with Crippen LogP contribution in [0.5, 0.6) is 0 Å². The zero-order valence-corrected chi connectivity index (χ0v) is 11.5. The largest absolute Gasteiger partial charge is 0.481 e. The number of aliphatic carboxylic acids is 1. The van der Waals surface area contributed by atoms with E-state index < -0.39 is 17.3 Å². The van der Waals surface area contributed by atoms with E-state index in [4.69, 9.17) is 10.8 Å². The quantitative estimate of drug-likeness (QED) is 0.663. The Hall–Kier alpha value is -2.90. The third kappa shape index (κ3) is 2.99. The average molecular weight is 289 g/mol. The first-order valence-corrected chi connectivity index (χ1v) is 6.14. The lowest BCUT2D eigenvalue weighted by atomic mass is 9.85. The number of benzene rings is 1. The Morgan fingerprint density at radius 3 is 2.38 bits per heavy atom. The summed E-state index contributed by atoms with van der Waals surface area (Å²) < 4.78 is 0. The molecule has 0 saturated carbocycles. The van der Waals surface area contributed by atoms with Crippen LogP contribution in [0.2, 0.25) is 0 Å². The summed E-state index contributed by atoms with van der Waals surface area (Å²) in [4.78, 5) is 26.7. The maximum Gasteiger partial charge on any atom is 0.313 e. The van der Waals surface area contributed by atoms with Crippen molar-refractivity contribution in [2.45, 2.75) is 19.3 Å². The number of carbonyl (C=O) groups excluding carboxylic acids is 1. The predicted molar refractivity (Wildman–Crippen MR) is 75.9 cm³/mol. The van der Waals surface area contributed by atoms with E-state index in [1.165, 1.54) is 0 Å². The van der Waals surface area contributed by atoms with Crippen molar-refractivity contribution in [2.75, 3.05) is 11.1 Å². The van der Waals surface area contributed by atoms with E-state index in [0.717, 1.165) is 0 Å². The number of nitrogens with zero attached hydrogens (tertiary/aromatic N) is 2. The van der Waals surface area contributed by atoms with Crippen molar-refractivity contribution in [1.29, 1.82) is 0 Å². The van der Waals surface area contributed by atoms with Gasteiger partial charge in [0.2, 0.25) is 11.8 Å². The molecule has 0 fully saturated rings. The molecule has 0 unspecified atom stereocenters. The Balaban J connectivity index is 2.13. The fourth-order valence-electron chi connectivity index (χ4n) is 1.66. The van der Waals surface area contributed by atoms with E-state index in [2.05, 4.69) is 20.5 Å². The average Bonchev–Trinajstić information content (AvgIpc) is 2.86. The summed E-state index contributed by atoms with van der Waals surface area (Å²) in [5.41, 5.74) is 5.47. The smallest absolute Gasteiger partial charge is 0.313 e. The van der Waals surface area contributed by atoms with Gasteiger partial charge in [0, 0.05) is 5.69 Å². The van der Waals surface area contributed by atoms with E-state index in [9.17, 15) is 9.59 Å². The molecule has 5 N–H and O–H groups in total. The molecule has 1 heterocycles. The summed E-state index contributed by atoms with van der Waals surface area (Å²) in [6.07, 6.45) is 0. The minimum Gasteiger partial charge on any atom is -0.481 e. The lowest BCUT2D eigenvalue weighted by molar-refractivity contribution is -0.142. The van der Waals surface area contributed by atoms with Crippen LogP contribution in [-0.4, -0.2) is 32.2 Å². The van der Waals surface area contributed by atoms with Crippen LogP contribution in [0, 0.1) is 0 Å². The molecular weight excluding hydrogens is 274 g/mol. The predicted octanol–water partition coefficient (Wildman–Crippen LogP) is 1.00. The molecule has 110 valence electrons. The van der Waals surface area contributed by atoms with Crippen LogP contribution in [-0.2, 0) is 10.2 Å². The van der Waals surface area contributed by atoms with Crippen LogP contribution in [0.3, 0.4) is 0 Å². The number of rotatable bonds is 4. The van der Waals surface area contributed by atoms with E-state index in [1.54, 1.807) is 38.1 Å². The molecule has 1 amide bonds. The molecule has 8 heteroatoms. The van der Waals surface area contributed by atoms with Crippen molar-refractivity contribution >= 4 is 23.5 Å². The summed E-state index contributed by atoms with van der Waals surface area (Å²) >= 11 is 0. The summed E-state index contributed by atoms with van der Waals surface area (Å²) in [5.74, 6) is -1.41. The maximum absolute atomic E-state index is 11.8. The lowest BCUT2D eigenvalue weighted by Crippen LogP contribution is -2.28. The summed E-state index contributed by atoms with van der Waals surface area (Å²) in [5, 5.41) is 17.7. The third-order valence-corrected chi connectivity index (χ3v) is 3.12. The molecule has 0 saturated heterocycles. The number of carbonyl (C=O) groups is 2. The normalized spacial score (nSPS) is 11.1. The van der Waals surface area contributed by atoms with Gasteiger partial charge in [-0.15, -0.1) is 5.10 Å². The monoisotopic (exact) mass is 289 g/mol. The fourth-order valence-corrected chi connectivity index (χ4v) is 1.66. The molecule has 8 nitrogen and oxygen atoms in total. The van der Waals surface area contributed by atoms with Crippen LogP contribution in [0.15, 0.2) is 24.3 Å². The van der Waals surface area contributed by atoms with Gasteiger partial charge >= 0.3 is 5.97 Å². The molecule has 0 bridgehead atoms. The van der Waals surface area contributed by atoms with Crippen LogP contribution in [0.4, 0.5) is 11.6 Å². The highest BCUT2D eigenvalue weighted by molar-refractivity contribution is 6.01. The molecule has 0 spiro atoms. The molecule has 1 aromatic heterocycles. The first-order chi connectivity index (χ1) is 9.80. The zero-order chi connectivity index (χ0) is 15.6. The van der Waals surface area contributed by atoms with Gasteiger partial charge < -0.3 is 16.2 Å². The highest BCUT2D eigenvalue weighted by Crippen LogP contribution is 2.24. The number of nitrogens with one attached hydrogen (secondary N) is 2. The van der Waals surface area contributed by atoms with Crippen molar-refractivity contribution in [3.63, 3.8) is 0 Å². The van der Waals surface area contributed by atoms with Gasteiger partial charge in [-0.3, -0.25) is 14.7 Å². The second-order valence-corrected chi connectivity index (χ2v) is 5.00. The minimum absolute atomic E-state index is 0.00226. The number of hydrogen-bond donors (Lipinski definition) is 4. The maximum atomic E-state index is 11.8. The fraction of sp³-hybridized carbons (Fsp3) is 0.231. The van der Waals surface area contributed by atoms with Gasteiger partial charge in [0.15, 0.2) is 0 Å². The lowest BCUT2D eigenvalue weighted by Gasteiger charge is -2.19. The van der Waals surface area contributed by atoms with E-state index in [0.29, 0.717) is 11.3 Å². The van der Waals surface area contributed by atoms with Gasteiger partial charge in [-0.05, 0) is 31.5 Å². The second-order valence-electron chi connectivity index (χ2n) is 5.00. The first-order valence-electron chi connectivity index (χ1n) is 6.14. The zero-order valence-electron chi connectivity index (χ0n) is 11.5. The van der Waals surface area contributed by atoms with E-state index in [-0.39, 0.29) is 11.8 Å². The van der Waals surface area contributed by atoms with Crippen molar-refractivity contribution in [3.05, 3.63) is 35.7 Å². The van der Waals surface area contributed by atoms with Crippen molar-refractivity contribution in [2.24, 2.45) is 0 Å². The number of nitrogen functional groups attached to an aromatic ring is 1. The number of H-pyrrole nitrogens is 1. The highest BCUT2D eigenvalue weighted by Gasteiger charge is 2.29. The topological polar surface area (TPSA) is 134 Å². The number of carboxylic acid groups (broad SMARTS) is 1. The van der Waals surface area contributed by atoms with Gasteiger partial charge in [-0.25, -0.2) is 0 Å².